The molecule has 0 fully saturated rings. The van der Waals surface area contributed by atoms with Crippen LogP contribution in [-0.2, 0) is 16.4 Å². The van der Waals surface area contributed by atoms with E-state index in [-0.39, 0.29) is 11.5 Å². The van der Waals surface area contributed by atoms with E-state index in [1.54, 1.807) is 6.92 Å². The summed E-state index contributed by atoms with van der Waals surface area (Å²) in [6.07, 6.45) is 0.693. The summed E-state index contributed by atoms with van der Waals surface area (Å²) in [5, 5.41) is 0. The van der Waals surface area contributed by atoms with Gasteiger partial charge in [-0.25, -0.2) is 8.42 Å². The highest BCUT2D eigenvalue weighted by molar-refractivity contribution is 7.91. The van der Waals surface area contributed by atoms with Crippen LogP contribution in [0.5, 0.6) is 0 Å². The van der Waals surface area contributed by atoms with Crippen LogP contribution < -0.4 is 5.73 Å². The Hall–Kier alpha value is -1.07. The summed E-state index contributed by atoms with van der Waals surface area (Å²) < 4.78 is 22.9. The van der Waals surface area contributed by atoms with Gasteiger partial charge in [-0.15, -0.1) is 0 Å². The maximum atomic E-state index is 11.4. The smallest absolute Gasteiger partial charge is 0.150 e. The molecule has 0 aliphatic rings. The van der Waals surface area contributed by atoms with Crippen molar-refractivity contribution in [3.8, 4) is 0 Å². The van der Waals surface area contributed by atoms with Gasteiger partial charge in [0, 0.05) is 18.0 Å². The van der Waals surface area contributed by atoms with E-state index < -0.39 is 9.84 Å². The van der Waals surface area contributed by atoms with Crippen molar-refractivity contribution in [3.63, 3.8) is 0 Å². The van der Waals surface area contributed by atoms with Gasteiger partial charge in [0.25, 0.3) is 0 Å². The summed E-state index contributed by atoms with van der Waals surface area (Å²) in [6.45, 7) is 6.34. The molecule has 0 aliphatic carbocycles. The summed E-state index contributed by atoms with van der Waals surface area (Å²) in [5.74, 6) is 0.513. The molecule has 0 saturated heterocycles. The fourth-order valence-electron chi connectivity index (χ4n) is 1.88. The van der Waals surface area contributed by atoms with E-state index in [9.17, 15) is 8.42 Å². The molecule has 0 aliphatic heterocycles. The molecule has 1 aromatic rings. The van der Waals surface area contributed by atoms with E-state index in [1.807, 2.05) is 24.3 Å². The normalized spacial score (nSPS) is 11.9. The van der Waals surface area contributed by atoms with Gasteiger partial charge in [-0.3, -0.25) is 4.90 Å². The first-order chi connectivity index (χ1) is 8.96. The summed E-state index contributed by atoms with van der Waals surface area (Å²) >= 11 is 0. The first kappa shape index (κ1) is 16.0. The summed E-state index contributed by atoms with van der Waals surface area (Å²) in [6, 6.07) is 7.82. The topological polar surface area (TPSA) is 63.4 Å². The predicted molar refractivity (Wildman–Crippen MR) is 80.8 cm³/mol. The highest BCUT2D eigenvalue weighted by Gasteiger charge is 2.09. The Balaban J connectivity index is 2.44. The van der Waals surface area contributed by atoms with Gasteiger partial charge < -0.3 is 5.73 Å². The minimum Gasteiger partial charge on any atom is -0.399 e. The number of hydrogen-bond donors (Lipinski definition) is 1. The number of anilines is 1. The third-order valence-corrected chi connectivity index (χ3v) is 4.99. The Morgan fingerprint density at radius 3 is 2.32 bits per heavy atom. The van der Waals surface area contributed by atoms with E-state index in [0.29, 0.717) is 6.42 Å². The molecule has 0 amide bonds. The number of sulfone groups is 1. The third kappa shape index (κ3) is 6.07. The molecule has 1 aromatic carbocycles. The molecule has 0 bridgehead atoms. The fourth-order valence-corrected chi connectivity index (χ4v) is 2.74. The molecule has 2 N–H and O–H groups in total. The van der Waals surface area contributed by atoms with Crippen molar-refractivity contribution < 1.29 is 8.42 Å². The number of hydrogen-bond acceptors (Lipinski definition) is 4. The third-order valence-electron chi connectivity index (χ3n) is 3.20. The van der Waals surface area contributed by atoms with Crippen LogP contribution in [0.2, 0.25) is 0 Å². The molecular weight excluding hydrogens is 260 g/mol. The maximum Gasteiger partial charge on any atom is 0.150 e. The second kappa shape index (κ2) is 7.50. The molecule has 0 saturated carbocycles. The van der Waals surface area contributed by atoms with Gasteiger partial charge >= 0.3 is 0 Å². The largest absolute Gasteiger partial charge is 0.399 e. The molecule has 1 rings (SSSR count). The number of rotatable bonds is 8. The van der Waals surface area contributed by atoms with Gasteiger partial charge in [0.15, 0.2) is 0 Å². The highest BCUT2D eigenvalue weighted by Crippen LogP contribution is 2.09. The van der Waals surface area contributed by atoms with Crippen molar-refractivity contribution in [1.29, 1.82) is 0 Å². The minimum atomic E-state index is -2.85. The van der Waals surface area contributed by atoms with E-state index >= 15 is 0 Å². The molecule has 0 spiro atoms. The lowest BCUT2D eigenvalue weighted by Crippen LogP contribution is -2.26. The molecule has 0 heterocycles. The van der Waals surface area contributed by atoms with Gasteiger partial charge in [-0.2, -0.15) is 0 Å². The van der Waals surface area contributed by atoms with E-state index in [4.69, 9.17) is 5.73 Å². The van der Waals surface area contributed by atoms with Crippen LogP contribution >= 0.6 is 0 Å². The van der Waals surface area contributed by atoms with Crippen LogP contribution in [-0.4, -0.2) is 37.9 Å². The highest BCUT2D eigenvalue weighted by atomic mass is 32.2. The first-order valence-electron chi connectivity index (χ1n) is 6.74. The van der Waals surface area contributed by atoms with E-state index in [0.717, 1.165) is 25.3 Å². The van der Waals surface area contributed by atoms with E-state index in [1.165, 1.54) is 5.56 Å². The van der Waals surface area contributed by atoms with Crippen molar-refractivity contribution in [2.45, 2.75) is 26.8 Å². The van der Waals surface area contributed by atoms with Gasteiger partial charge in [0.1, 0.15) is 9.84 Å². The van der Waals surface area contributed by atoms with Gasteiger partial charge in [0.2, 0.25) is 0 Å². The molecule has 108 valence electrons. The van der Waals surface area contributed by atoms with Crippen molar-refractivity contribution in [1.82, 2.24) is 4.90 Å². The predicted octanol–water partition coefficient (Wildman–Crippen LogP) is 1.92. The number of nitrogens with two attached hydrogens (primary N) is 1. The van der Waals surface area contributed by atoms with Crippen molar-refractivity contribution >= 4 is 15.5 Å². The molecule has 5 heteroatoms. The lowest BCUT2D eigenvalue weighted by Gasteiger charge is -2.20. The van der Waals surface area contributed by atoms with Crippen molar-refractivity contribution in [2.75, 3.05) is 30.3 Å². The molecular formula is C14H24N2O2S. The number of nitrogen functional groups attached to an aromatic ring is 1. The summed E-state index contributed by atoms with van der Waals surface area (Å²) in [5.41, 5.74) is 7.62. The molecule has 0 radical (unpaired) electrons. The SMILES string of the molecule is CCN(CCCS(=O)(=O)CC)Cc1ccc(N)cc1. The lowest BCUT2D eigenvalue weighted by molar-refractivity contribution is 0.281. The standard InChI is InChI=1S/C14H24N2O2S/c1-3-16(10-5-11-19(17,18)4-2)12-13-6-8-14(15)9-7-13/h6-9H,3-5,10-12,15H2,1-2H3. The minimum absolute atomic E-state index is 0.233. The number of benzene rings is 1. The summed E-state index contributed by atoms with van der Waals surface area (Å²) in [7, 11) is -2.85. The Morgan fingerprint density at radius 1 is 1.16 bits per heavy atom. The number of nitrogens with zero attached hydrogens (tertiary/aromatic N) is 1. The van der Waals surface area contributed by atoms with E-state index in [2.05, 4.69) is 11.8 Å². The zero-order valence-corrected chi connectivity index (χ0v) is 12.6. The molecule has 4 nitrogen and oxygen atoms in total. The Kier molecular flexibility index (Phi) is 6.31. The van der Waals surface area contributed by atoms with Crippen LogP contribution in [0.3, 0.4) is 0 Å². The zero-order valence-electron chi connectivity index (χ0n) is 11.8. The van der Waals surface area contributed by atoms with Gasteiger partial charge in [-0.05, 0) is 37.2 Å². The first-order valence-corrected chi connectivity index (χ1v) is 8.56. The Labute approximate surface area is 116 Å². The van der Waals surface area contributed by atoms with Crippen LogP contribution in [0, 0.1) is 0 Å². The molecule has 0 unspecified atom stereocenters. The molecule has 0 aromatic heterocycles. The van der Waals surface area contributed by atoms with Crippen LogP contribution in [0.15, 0.2) is 24.3 Å². The monoisotopic (exact) mass is 284 g/mol. The fraction of sp³-hybridized carbons (Fsp3) is 0.571. The second-order valence-electron chi connectivity index (χ2n) is 4.70. The second-order valence-corrected chi connectivity index (χ2v) is 7.17. The van der Waals surface area contributed by atoms with Gasteiger partial charge in [0.05, 0.1) is 5.75 Å². The zero-order chi connectivity index (χ0) is 14.3. The molecule has 0 atom stereocenters. The van der Waals surface area contributed by atoms with Crippen LogP contribution in [0.4, 0.5) is 5.69 Å². The average Bonchev–Trinajstić information content (AvgIpc) is 2.40. The Morgan fingerprint density at radius 2 is 1.79 bits per heavy atom. The maximum absolute atomic E-state index is 11.4. The molecule has 19 heavy (non-hydrogen) atoms. The summed E-state index contributed by atoms with van der Waals surface area (Å²) in [4.78, 5) is 2.25. The van der Waals surface area contributed by atoms with Crippen LogP contribution in [0.25, 0.3) is 0 Å². The van der Waals surface area contributed by atoms with Crippen molar-refractivity contribution in [3.05, 3.63) is 29.8 Å². The average molecular weight is 284 g/mol. The quantitative estimate of drug-likeness (QED) is 0.741. The van der Waals surface area contributed by atoms with Crippen LogP contribution in [0.1, 0.15) is 25.8 Å². The Bertz CT molecular complexity index is 469. The van der Waals surface area contributed by atoms with Crippen molar-refractivity contribution in [2.24, 2.45) is 0 Å². The lowest BCUT2D eigenvalue weighted by atomic mass is 10.2. The van der Waals surface area contributed by atoms with Gasteiger partial charge in [-0.1, -0.05) is 26.0 Å².